The van der Waals surface area contributed by atoms with Crippen LogP contribution in [0.2, 0.25) is 0 Å². The monoisotopic (exact) mass is 158 g/mol. The maximum absolute atomic E-state index is 9.21. The van der Waals surface area contributed by atoms with Crippen molar-refractivity contribution in [1.82, 2.24) is 0 Å². The molecule has 0 radical (unpaired) electrons. The van der Waals surface area contributed by atoms with Gasteiger partial charge in [0.15, 0.2) is 0 Å². The lowest BCUT2D eigenvalue weighted by atomic mass is 10.1. The van der Waals surface area contributed by atoms with Crippen LogP contribution in [0.25, 0.3) is 0 Å². The van der Waals surface area contributed by atoms with Crippen LogP contribution in [0, 0.1) is 0 Å². The van der Waals surface area contributed by atoms with Crippen molar-refractivity contribution in [2.24, 2.45) is 0 Å². The zero-order valence-corrected chi connectivity index (χ0v) is 7.97. The van der Waals surface area contributed by atoms with Gasteiger partial charge in [-0.25, -0.2) is 0 Å². The Bertz CT molecular complexity index is 71.3. The molecule has 0 amide bonds. The third-order valence-electron chi connectivity index (χ3n) is 2.11. The summed E-state index contributed by atoms with van der Waals surface area (Å²) >= 11 is 0. The highest BCUT2D eigenvalue weighted by Crippen LogP contribution is 2.08. The summed E-state index contributed by atoms with van der Waals surface area (Å²) in [6.07, 6.45) is 8.36. The van der Waals surface area contributed by atoms with Gasteiger partial charge in [-0.2, -0.15) is 0 Å². The van der Waals surface area contributed by atoms with Gasteiger partial charge in [-0.05, 0) is 12.8 Å². The van der Waals surface area contributed by atoms with Crippen LogP contribution in [0.5, 0.6) is 0 Å². The maximum atomic E-state index is 9.21. The molecule has 11 heavy (non-hydrogen) atoms. The summed E-state index contributed by atoms with van der Waals surface area (Å²) in [5.74, 6) is 0. The Morgan fingerprint density at radius 2 is 1.64 bits per heavy atom. The van der Waals surface area contributed by atoms with E-state index in [0.29, 0.717) is 0 Å². The van der Waals surface area contributed by atoms with Gasteiger partial charge in [0.25, 0.3) is 0 Å². The standard InChI is InChI=1S/C10H22O/c1-3-5-6-7-8-9-10(11)4-2/h10-11H,3-9H2,1-2H3/t10-/m1/s1. The van der Waals surface area contributed by atoms with Gasteiger partial charge in [-0.15, -0.1) is 0 Å². The molecule has 0 aromatic heterocycles. The first-order chi connectivity index (χ1) is 5.31. The van der Waals surface area contributed by atoms with Crippen LogP contribution in [-0.4, -0.2) is 11.2 Å². The van der Waals surface area contributed by atoms with Crippen LogP contribution < -0.4 is 0 Å². The van der Waals surface area contributed by atoms with Gasteiger partial charge >= 0.3 is 0 Å². The molecule has 0 bridgehead atoms. The molecule has 0 saturated carbocycles. The van der Waals surface area contributed by atoms with E-state index >= 15 is 0 Å². The second kappa shape index (κ2) is 8.06. The largest absolute Gasteiger partial charge is 0.393 e. The lowest BCUT2D eigenvalue weighted by Gasteiger charge is -2.05. The van der Waals surface area contributed by atoms with Crippen molar-refractivity contribution in [3.05, 3.63) is 0 Å². The average molecular weight is 158 g/mol. The Balaban J connectivity index is 2.89. The number of unbranched alkanes of at least 4 members (excludes halogenated alkanes) is 4. The van der Waals surface area contributed by atoms with Crippen molar-refractivity contribution in [1.29, 1.82) is 0 Å². The summed E-state index contributed by atoms with van der Waals surface area (Å²) in [6, 6.07) is 0. The van der Waals surface area contributed by atoms with E-state index in [0.717, 1.165) is 12.8 Å². The molecule has 0 aliphatic heterocycles. The number of hydrogen-bond donors (Lipinski definition) is 1. The van der Waals surface area contributed by atoms with Gasteiger partial charge in [0, 0.05) is 0 Å². The van der Waals surface area contributed by atoms with Crippen LogP contribution in [-0.2, 0) is 0 Å². The average Bonchev–Trinajstić information content (AvgIpc) is 2.04. The summed E-state index contributed by atoms with van der Waals surface area (Å²) in [7, 11) is 0. The minimum atomic E-state index is -0.0448. The highest BCUT2D eigenvalue weighted by molar-refractivity contribution is 4.52. The van der Waals surface area contributed by atoms with Crippen molar-refractivity contribution in [3.63, 3.8) is 0 Å². The van der Waals surface area contributed by atoms with E-state index < -0.39 is 0 Å². The third kappa shape index (κ3) is 7.86. The van der Waals surface area contributed by atoms with E-state index in [1.165, 1.54) is 32.1 Å². The fraction of sp³-hybridized carbons (Fsp3) is 1.00. The van der Waals surface area contributed by atoms with E-state index in [-0.39, 0.29) is 6.10 Å². The third-order valence-corrected chi connectivity index (χ3v) is 2.11. The first kappa shape index (κ1) is 11.0. The Hall–Kier alpha value is -0.0400. The van der Waals surface area contributed by atoms with Crippen LogP contribution in [0.1, 0.15) is 58.8 Å². The maximum Gasteiger partial charge on any atom is 0.0537 e. The molecule has 0 spiro atoms. The smallest absolute Gasteiger partial charge is 0.0537 e. The molecule has 68 valence electrons. The van der Waals surface area contributed by atoms with Crippen LogP contribution >= 0.6 is 0 Å². The zero-order chi connectivity index (χ0) is 8.53. The van der Waals surface area contributed by atoms with Crippen molar-refractivity contribution in [3.8, 4) is 0 Å². The molecule has 1 N–H and O–H groups in total. The minimum Gasteiger partial charge on any atom is -0.393 e. The molecule has 0 aromatic carbocycles. The number of aliphatic hydroxyl groups is 1. The molecular weight excluding hydrogens is 136 g/mol. The molecule has 0 aliphatic carbocycles. The lowest BCUT2D eigenvalue weighted by Crippen LogP contribution is -2.03. The lowest BCUT2D eigenvalue weighted by molar-refractivity contribution is 0.156. The van der Waals surface area contributed by atoms with Gasteiger partial charge in [0.05, 0.1) is 6.10 Å². The Morgan fingerprint density at radius 1 is 1.00 bits per heavy atom. The topological polar surface area (TPSA) is 20.2 Å². The quantitative estimate of drug-likeness (QED) is 0.564. The molecule has 1 heteroatoms. The van der Waals surface area contributed by atoms with Crippen LogP contribution in [0.15, 0.2) is 0 Å². The van der Waals surface area contributed by atoms with Crippen molar-refractivity contribution < 1.29 is 5.11 Å². The van der Waals surface area contributed by atoms with E-state index in [1.807, 2.05) is 6.92 Å². The Kier molecular flexibility index (Phi) is 8.03. The summed E-state index contributed by atoms with van der Waals surface area (Å²) in [4.78, 5) is 0. The number of rotatable bonds is 7. The summed E-state index contributed by atoms with van der Waals surface area (Å²) < 4.78 is 0. The highest BCUT2D eigenvalue weighted by atomic mass is 16.3. The molecule has 0 aliphatic rings. The van der Waals surface area contributed by atoms with E-state index in [1.54, 1.807) is 0 Å². The molecule has 0 heterocycles. The predicted octanol–water partition coefficient (Wildman–Crippen LogP) is 3.12. The molecule has 1 atom stereocenters. The van der Waals surface area contributed by atoms with Gasteiger partial charge in [0.2, 0.25) is 0 Å². The Morgan fingerprint density at radius 3 is 2.18 bits per heavy atom. The first-order valence-electron chi connectivity index (χ1n) is 4.99. The van der Waals surface area contributed by atoms with Gasteiger partial charge in [-0.3, -0.25) is 0 Å². The molecule has 0 rings (SSSR count). The summed E-state index contributed by atoms with van der Waals surface area (Å²) in [6.45, 7) is 4.26. The van der Waals surface area contributed by atoms with Gasteiger partial charge < -0.3 is 5.11 Å². The van der Waals surface area contributed by atoms with E-state index in [2.05, 4.69) is 6.92 Å². The molecular formula is C10H22O. The van der Waals surface area contributed by atoms with Crippen LogP contribution in [0.4, 0.5) is 0 Å². The van der Waals surface area contributed by atoms with Crippen LogP contribution in [0.3, 0.4) is 0 Å². The molecule has 0 aromatic rings. The van der Waals surface area contributed by atoms with Crippen molar-refractivity contribution in [2.75, 3.05) is 0 Å². The minimum absolute atomic E-state index is 0.0448. The second-order valence-electron chi connectivity index (χ2n) is 3.26. The molecule has 0 saturated heterocycles. The number of hydrogen-bond acceptors (Lipinski definition) is 1. The highest BCUT2D eigenvalue weighted by Gasteiger charge is 1.98. The zero-order valence-electron chi connectivity index (χ0n) is 7.97. The van der Waals surface area contributed by atoms with E-state index in [9.17, 15) is 5.11 Å². The predicted molar refractivity (Wildman–Crippen MR) is 49.7 cm³/mol. The van der Waals surface area contributed by atoms with Crippen molar-refractivity contribution >= 4 is 0 Å². The Labute approximate surface area is 70.8 Å². The molecule has 0 fully saturated rings. The first-order valence-corrected chi connectivity index (χ1v) is 4.99. The van der Waals surface area contributed by atoms with Crippen molar-refractivity contribution in [2.45, 2.75) is 64.9 Å². The molecule has 1 nitrogen and oxygen atoms in total. The fourth-order valence-electron chi connectivity index (χ4n) is 1.19. The second-order valence-corrected chi connectivity index (χ2v) is 3.26. The van der Waals surface area contributed by atoms with E-state index in [4.69, 9.17) is 0 Å². The fourth-order valence-corrected chi connectivity index (χ4v) is 1.19. The summed E-state index contributed by atoms with van der Waals surface area (Å²) in [5.41, 5.74) is 0. The van der Waals surface area contributed by atoms with Gasteiger partial charge in [0.1, 0.15) is 0 Å². The normalized spacial score (nSPS) is 13.4. The summed E-state index contributed by atoms with van der Waals surface area (Å²) in [5, 5.41) is 9.21. The SMILES string of the molecule is CCCCCCC[C@H](O)CC. The molecule has 0 unspecified atom stereocenters. The number of aliphatic hydroxyl groups excluding tert-OH is 1. The van der Waals surface area contributed by atoms with Gasteiger partial charge in [-0.1, -0.05) is 46.0 Å².